The maximum atomic E-state index is 5.29. The average Bonchev–Trinajstić information content (AvgIpc) is 3.25. The van der Waals surface area contributed by atoms with Gasteiger partial charge >= 0.3 is 0 Å². The van der Waals surface area contributed by atoms with E-state index in [2.05, 4.69) is 44.7 Å². The van der Waals surface area contributed by atoms with Crippen molar-refractivity contribution in [2.45, 2.75) is 52.0 Å². The number of hydrogen-bond donors (Lipinski definition) is 3. The van der Waals surface area contributed by atoms with Crippen molar-refractivity contribution in [2.24, 2.45) is 4.99 Å². The summed E-state index contributed by atoms with van der Waals surface area (Å²) in [5.41, 5.74) is 0. The van der Waals surface area contributed by atoms with Crippen LogP contribution in [0.5, 0.6) is 0 Å². The van der Waals surface area contributed by atoms with E-state index in [0.717, 1.165) is 31.2 Å². The Morgan fingerprint density at radius 1 is 1.42 bits per heavy atom. The predicted molar refractivity (Wildman–Crippen MR) is 95.9 cm³/mol. The van der Waals surface area contributed by atoms with Crippen LogP contribution in [0.15, 0.2) is 27.8 Å². The van der Waals surface area contributed by atoms with Crippen molar-refractivity contribution in [3.05, 3.63) is 24.2 Å². The van der Waals surface area contributed by atoms with Crippen LogP contribution in [0.3, 0.4) is 0 Å². The molecule has 3 N–H and O–H groups in total. The number of unbranched alkanes of at least 4 members (excludes halogenated alkanes) is 2. The molecule has 2 aromatic heterocycles. The highest BCUT2D eigenvalue weighted by molar-refractivity contribution is 5.79. The molecule has 24 heavy (non-hydrogen) atoms. The Balaban J connectivity index is 1.72. The second-order valence-corrected chi connectivity index (χ2v) is 5.87. The van der Waals surface area contributed by atoms with E-state index in [1.54, 1.807) is 13.3 Å². The van der Waals surface area contributed by atoms with Crippen LogP contribution in [-0.2, 0) is 6.42 Å². The smallest absolute Gasteiger partial charge is 0.216 e. The number of hydrogen-bond acceptors (Lipinski definition) is 4. The molecule has 1 unspecified atom stereocenters. The van der Waals surface area contributed by atoms with Crippen molar-refractivity contribution in [3.63, 3.8) is 0 Å². The average molecular weight is 332 g/mol. The summed E-state index contributed by atoms with van der Waals surface area (Å²) in [4.78, 5) is 8.69. The van der Waals surface area contributed by atoms with Crippen molar-refractivity contribution >= 4 is 5.96 Å². The van der Waals surface area contributed by atoms with Gasteiger partial charge in [-0.1, -0.05) is 26.2 Å². The summed E-state index contributed by atoms with van der Waals surface area (Å²) < 4.78 is 5.29. The van der Waals surface area contributed by atoms with E-state index in [1.165, 1.54) is 19.3 Å². The van der Waals surface area contributed by atoms with Crippen molar-refractivity contribution in [1.29, 1.82) is 0 Å². The maximum Gasteiger partial charge on any atom is 0.216 e. The molecule has 0 aliphatic rings. The fourth-order valence-corrected chi connectivity index (χ4v) is 2.42. The molecule has 0 saturated heterocycles. The van der Waals surface area contributed by atoms with Gasteiger partial charge in [-0.25, -0.2) is 4.98 Å². The SMILES string of the molecule is CCCCCC(C)NC(=NC)NCCc1nc(-c2ccco2)n[nH]1. The monoisotopic (exact) mass is 332 g/mol. The molecule has 2 aromatic rings. The van der Waals surface area contributed by atoms with Gasteiger partial charge in [-0.05, 0) is 25.5 Å². The van der Waals surface area contributed by atoms with Gasteiger partial charge in [-0.3, -0.25) is 10.1 Å². The van der Waals surface area contributed by atoms with Crippen molar-refractivity contribution in [3.8, 4) is 11.6 Å². The molecule has 0 radical (unpaired) electrons. The highest BCUT2D eigenvalue weighted by Gasteiger charge is 2.09. The number of furan rings is 1. The van der Waals surface area contributed by atoms with Crippen molar-refractivity contribution in [1.82, 2.24) is 25.8 Å². The third-order valence-electron chi connectivity index (χ3n) is 3.77. The highest BCUT2D eigenvalue weighted by Crippen LogP contribution is 2.14. The number of guanidine groups is 1. The van der Waals surface area contributed by atoms with Crippen LogP contribution in [0.1, 0.15) is 45.4 Å². The van der Waals surface area contributed by atoms with E-state index in [-0.39, 0.29) is 0 Å². The number of aliphatic imine (C=N–C) groups is 1. The summed E-state index contributed by atoms with van der Waals surface area (Å²) in [6.45, 7) is 5.14. The normalized spacial score (nSPS) is 13.0. The summed E-state index contributed by atoms with van der Waals surface area (Å²) in [5.74, 6) is 2.90. The standard InChI is InChI=1S/C17H28N6O/c1-4-5-6-8-13(2)20-17(18-3)19-11-10-15-21-16(23-22-15)14-9-7-12-24-14/h7,9,12-13H,4-6,8,10-11H2,1-3H3,(H2,18,19,20)(H,21,22,23). The molecule has 0 aromatic carbocycles. The second kappa shape index (κ2) is 9.75. The Morgan fingerprint density at radius 3 is 3.00 bits per heavy atom. The van der Waals surface area contributed by atoms with Gasteiger partial charge in [-0.15, -0.1) is 0 Å². The molecule has 0 fully saturated rings. The lowest BCUT2D eigenvalue weighted by atomic mass is 10.1. The lowest BCUT2D eigenvalue weighted by Crippen LogP contribution is -2.42. The molecular weight excluding hydrogens is 304 g/mol. The quantitative estimate of drug-likeness (QED) is 0.373. The van der Waals surface area contributed by atoms with Gasteiger partial charge in [0.2, 0.25) is 5.82 Å². The van der Waals surface area contributed by atoms with Crippen LogP contribution < -0.4 is 10.6 Å². The van der Waals surface area contributed by atoms with Crippen LogP contribution in [0, 0.1) is 0 Å². The summed E-state index contributed by atoms with van der Waals surface area (Å²) in [6.07, 6.45) is 7.28. The first-order valence-electron chi connectivity index (χ1n) is 8.65. The number of rotatable bonds is 9. The first-order valence-corrected chi connectivity index (χ1v) is 8.65. The number of nitrogens with one attached hydrogen (secondary N) is 3. The van der Waals surface area contributed by atoms with Crippen LogP contribution in [0.2, 0.25) is 0 Å². The van der Waals surface area contributed by atoms with E-state index in [0.29, 0.717) is 17.6 Å². The fraction of sp³-hybridized carbons (Fsp3) is 0.588. The third-order valence-corrected chi connectivity index (χ3v) is 3.77. The number of nitrogens with zero attached hydrogens (tertiary/aromatic N) is 3. The van der Waals surface area contributed by atoms with Crippen molar-refractivity contribution < 1.29 is 4.42 Å². The Labute approximate surface area is 143 Å². The largest absolute Gasteiger partial charge is 0.461 e. The van der Waals surface area contributed by atoms with Crippen LogP contribution in [0.25, 0.3) is 11.6 Å². The molecule has 0 amide bonds. The minimum atomic E-state index is 0.415. The minimum absolute atomic E-state index is 0.415. The zero-order valence-electron chi connectivity index (χ0n) is 14.8. The zero-order chi connectivity index (χ0) is 17.2. The molecule has 7 nitrogen and oxygen atoms in total. The molecule has 0 bridgehead atoms. The minimum Gasteiger partial charge on any atom is -0.461 e. The van der Waals surface area contributed by atoms with Gasteiger partial charge in [-0.2, -0.15) is 5.10 Å². The molecule has 0 aliphatic carbocycles. The summed E-state index contributed by atoms with van der Waals surface area (Å²) >= 11 is 0. The second-order valence-electron chi connectivity index (χ2n) is 5.87. The van der Waals surface area contributed by atoms with E-state index >= 15 is 0 Å². The molecule has 0 spiro atoms. The Morgan fingerprint density at radius 2 is 2.29 bits per heavy atom. The van der Waals surface area contributed by atoms with Gasteiger partial charge in [0.25, 0.3) is 0 Å². The molecule has 132 valence electrons. The van der Waals surface area contributed by atoms with Gasteiger partial charge in [0, 0.05) is 26.1 Å². The first kappa shape index (κ1) is 18.0. The topological polar surface area (TPSA) is 91.1 Å². The van der Waals surface area contributed by atoms with E-state index in [1.807, 2.05) is 12.1 Å². The van der Waals surface area contributed by atoms with Gasteiger partial charge in [0.05, 0.1) is 6.26 Å². The van der Waals surface area contributed by atoms with E-state index < -0.39 is 0 Å². The summed E-state index contributed by atoms with van der Waals surface area (Å²) in [5, 5.41) is 13.8. The fourth-order valence-electron chi connectivity index (χ4n) is 2.42. The first-order chi connectivity index (χ1) is 11.7. The number of H-pyrrole nitrogens is 1. The van der Waals surface area contributed by atoms with Crippen LogP contribution in [-0.4, -0.2) is 40.8 Å². The zero-order valence-corrected chi connectivity index (χ0v) is 14.8. The Kier molecular flexibility index (Phi) is 7.32. The maximum absolute atomic E-state index is 5.29. The number of aromatic amines is 1. The molecule has 1 atom stereocenters. The predicted octanol–water partition coefficient (Wildman–Crippen LogP) is 2.74. The molecule has 2 heterocycles. The molecule has 7 heteroatoms. The van der Waals surface area contributed by atoms with Gasteiger partial charge < -0.3 is 15.1 Å². The summed E-state index contributed by atoms with van der Waals surface area (Å²) in [7, 11) is 1.79. The highest BCUT2D eigenvalue weighted by atomic mass is 16.3. The van der Waals surface area contributed by atoms with Crippen molar-refractivity contribution in [2.75, 3.05) is 13.6 Å². The molecule has 0 saturated carbocycles. The van der Waals surface area contributed by atoms with Gasteiger partial charge in [0.1, 0.15) is 5.82 Å². The number of aromatic nitrogens is 3. The lowest BCUT2D eigenvalue weighted by molar-refractivity contribution is 0.546. The van der Waals surface area contributed by atoms with E-state index in [4.69, 9.17) is 4.42 Å². The lowest BCUT2D eigenvalue weighted by Gasteiger charge is -2.17. The summed E-state index contributed by atoms with van der Waals surface area (Å²) in [6, 6.07) is 4.08. The molecular formula is C17H28N6O. The Hall–Kier alpha value is -2.31. The molecule has 2 rings (SSSR count). The van der Waals surface area contributed by atoms with Crippen LogP contribution in [0.4, 0.5) is 0 Å². The van der Waals surface area contributed by atoms with Crippen LogP contribution >= 0.6 is 0 Å². The molecule has 0 aliphatic heterocycles. The third kappa shape index (κ3) is 5.72. The van der Waals surface area contributed by atoms with Gasteiger partial charge in [0.15, 0.2) is 11.7 Å². The van der Waals surface area contributed by atoms with E-state index in [9.17, 15) is 0 Å². The Bertz CT molecular complexity index is 604.